The summed E-state index contributed by atoms with van der Waals surface area (Å²) in [6.45, 7) is 2.71. The van der Waals surface area contributed by atoms with E-state index in [-0.39, 0.29) is 10.9 Å². The second-order valence-electron chi connectivity index (χ2n) is 4.97. The second kappa shape index (κ2) is 5.44. The minimum atomic E-state index is -3.69. The molecule has 0 aromatic carbocycles. The van der Waals surface area contributed by atoms with E-state index in [2.05, 4.69) is 16.8 Å². The third-order valence-corrected chi connectivity index (χ3v) is 4.51. The third kappa shape index (κ3) is 3.05. The Morgan fingerprint density at radius 2 is 2.16 bits per heavy atom. The minimum Gasteiger partial charge on any atom is -0.350 e. The lowest BCUT2D eigenvalue weighted by Crippen LogP contribution is -2.49. The highest BCUT2D eigenvalue weighted by Crippen LogP contribution is 2.27. The summed E-state index contributed by atoms with van der Waals surface area (Å²) in [4.78, 5) is 6.44. The van der Waals surface area contributed by atoms with Gasteiger partial charge in [0.1, 0.15) is 10.7 Å². The highest BCUT2D eigenvalue weighted by atomic mass is 32.2. The Balaban J connectivity index is 2.29. The second-order valence-corrected chi connectivity index (χ2v) is 6.54. The summed E-state index contributed by atoms with van der Waals surface area (Å²) in [5.41, 5.74) is 5.81. The summed E-state index contributed by atoms with van der Waals surface area (Å²) in [7, 11) is -3.69. The number of piperidine rings is 1. The van der Waals surface area contributed by atoms with Gasteiger partial charge in [0, 0.05) is 24.8 Å². The maximum absolute atomic E-state index is 11.2. The van der Waals surface area contributed by atoms with Crippen LogP contribution in [0.5, 0.6) is 0 Å². The van der Waals surface area contributed by atoms with E-state index < -0.39 is 10.0 Å². The van der Waals surface area contributed by atoms with Crippen LogP contribution < -0.4 is 15.8 Å². The third-order valence-electron chi connectivity index (χ3n) is 3.61. The molecule has 0 amide bonds. The molecule has 4 N–H and O–H groups in total. The van der Waals surface area contributed by atoms with Crippen LogP contribution in [0.25, 0.3) is 0 Å². The Labute approximate surface area is 113 Å². The summed E-state index contributed by atoms with van der Waals surface area (Å²) >= 11 is 0. The lowest BCUT2D eigenvalue weighted by atomic mass is 9.96. The van der Waals surface area contributed by atoms with Gasteiger partial charge < -0.3 is 10.6 Å². The summed E-state index contributed by atoms with van der Waals surface area (Å²) in [5.74, 6) is 0.759. The quantitative estimate of drug-likeness (QED) is 0.838. The molecule has 2 unspecified atom stereocenters. The molecule has 1 aromatic rings. The van der Waals surface area contributed by atoms with E-state index in [1.54, 1.807) is 6.07 Å². The van der Waals surface area contributed by atoms with Crippen LogP contribution in [0.2, 0.25) is 0 Å². The zero-order chi connectivity index (χ0) is 14.0. The lowest BCUT2D eigenvalue weighted by Gasteiger charge is -2.41. The first-order valence-electron chi connectivity index (χ1n) is 6.40. The van der Waals surface area contributed by atoms with Gasteiger partial charge in [0.15, 0.2) is 0 Å². The van der Waals surface area contributed by atoms with E-state index in [4.69, 9.17) is 10.9 Å². The number of hydrogen-bond acceptors (Lipinski definition) is 5. The molecule has 1 aliphatic rings. The molecular formula is C12H20N4O2S. The van der Waals surface area contributed by atoms with E-state index in [0.717, 1.165) is 25.1 Å². The molecule has 7 heteroatoms. The van der Waals surface area contributed by atoms with Crippen molar-refractivity contribution in [2.45, 2.75) is 43.2 Å². The molecule has 0 saturated carbocycles. The SMILES string of the molecule is CC1CCCC(CN)N1c1ccc(S(N)(=O)=O)cn1. The van der Waals surface area contributed by atoms with Gasteiger partial charge in [0.05, 0.1) is 0 Å². The normalized spacial score (nSPS) is 24.5. The zero-order valence-electron chi connectivity index (χ0n) is 11.0. The largest absolute Gasteiger partial charge is 0.350 e. The number of rotatable bonds is 3. The molecule has 1 aliphatic heterocycles. The van der Waals surface area contributed by atoms with E-state index >= 15 is 0 Å². The van der Waals surface area contributed by atoms with Gasteiger partial charge >= 0.3 is 0 Å². The van der Waals surface area contributed by atoms with E-state index in [9.17, 15) is 8.42 Å². The summed E-state index contributed by atoms with van der Waals surface area (Å²) in [6.07, 6.45) is 4.60. The van der Waals surface area contributed by atoms with Crippen LogP contribution in [0, 0.1) is 0 Å². The van der Waals surface area contributed by atoms with Gasteiger partial charge in [-0.3, -0.25) is 0 Å². The van der Waals surface area contributed by atoms with E-state index in [1.807, 2.05) is 0 Å². The van der Waals surface area contributed by atoms with Crippen molar-refractivity contribution in [3.8, 4) is 0 Å². The lowest BCUT2D eigenvalue weighted by molar-refractivity contribution is 0.397. The average molecular weight is 284 g/mol. The predicted molar refractivity (Wildman–Crippen MR) is 74.2 cm³/mol. The molecule has 2 rings (SSSR count). The number of sulfonamides is 1. The molecule has 6 nitrogen and oxygen atoms in total. The highest BCUT2D eigenvalue weighted by Gasteiger charge is 2.28. The molecule has 0 radical (unpaired) electrons. The standard InChI is InChI=1S/C12H20N4O2S/c1-9-3-2-4-10(7-13)16(9)12-6-5-11(8-15-12)19(14,17)18/h5-6,8-10H,2-4,7,13H2,1H3,(H2,14,17,18). The molecule has 1 fully saturated rings. The molecule has 0 bridgehead atoms. The van der Waals surface area contributed by atoms with Crippen molar-refractivity contribution in [2.75, 3.05) is 11.4 Å². The van der Waals surface area contributed by atoms with Crippen LogP contribution in [-0.4, -0.2) is 32.0 Å². The molecule has 2 heterocycles. The number of hydrogen-bond donors (Lipinski definition) is 2. The van der Waals surface area contributed by atoms with Crippen LogP contribution in [0.15, 0.2) is 23.2 Å². The van der Waals surface area contributed by atoms with Crippen LogP contribution in [0.1, 0.15) is 26.2 Å². The highest BCUT2D eigenvalue weighted by molar-refractivity contribution is 7.89. The Bertz CT molecular complexity index is 529. The maximum atomic E-state index is 11.2. The van der Waals surface area contributed by atoms with Gasteiger partial charge in [-0.05, 0) is 38.3 Å². The van der Waals surface area contributed by atoms with Gasteiger partial charge in [-0.15, -0.1) is 0 Å². The summed E-state index contributed by atoms with van der Waals surface area (Å²) in [6, 6.07) is 3.81. The average Bonchev–Trinajstić information content (AvgIpc) is 2.37. The first-order chi connectivity index (χ1) is 8.93. The Kier molecular flexibility index (Phi) is 4.07. The molecular weight excluding hydrogens is 264 g/mol. The fourth-order valence-electron chi connectivity index (χ4n) is 2.62. The van der Waals surface area contributed by atoms with Crippen molar-refractivity contribution >= 4 is 15.8 Å². The van der Waals surface area contributed by atoms with Crippen molar-refractivity contribution in [1.82, 2.24) is 4.98 Å². The van der Waals surface area contributed by atoms with Gasteiger partial charge in [-0.25, -0.2) is 18.5 Å². The summed E-state index contributed by atoms with van der Waals surface area (Å²) < 4.78 is 22.4. The van der Waals surface area contributed by atoms with Crippen LogP contribution in [0.3, 0.4) is 0 Å². The van der Waals surface area contributed by atoms with Crippen molar-refractivity contribution in [3.63, 3.8) is 0 Å². The molecule has 19 heavy (non-hydrogen) atoms. The summed E-state index contributed by atoms with van der Waals surface area (Å²) in [5, 5.41) is 5.06. The maximum Gasteiger partial charge on any atom is 0.239 e. The number of nitrogens with zero attached hydrogens (tertiary/aromatic N) is 2. The van der Waals surface area contributed by atoms with E-state index in [1.165, 1.54) is 12.3 Å². The first kappa shape index (κ1) is 14.2. The number of aromatic nitrogens is 1. The van der Waals surface area contributed by atoms with Crippen molar-refractivity contribution in [2.24, 2.45) is 10.9 Å². The van der Waals surface area contributed by atoms with Gasteiger partial charge in [-0.1, -0.05) is 0 Å². The smallest absolute Gasteiger partial charge is 0.239 e. The van der Waals surface area contributed by atoms with Gasteiger partial charge in [0.25, 0.3) is 0 Å². The van der Waals surface area contributed by atoms with Crippen LogP contribution >= 0.6 is 0 Å². The number of pyridine rings is 1. The number of anilines is 1. The fourth-order valence-corrected chi connectivity index (χ4v) is 3.08. The molecule has 2 atom stereocenters. The van der Waals surface area contributed by atoms with Crippen molar-refractivity contribution < 1.29 is 8.42 Å². The molecule has 0 aliphatic carbocycles. The minimum absolute atomic E-state index is 0.0326. The topological polar surface area (TPSA) is 102 Å². The van der Waals surface area contributed by atoms with Gasteiger partial charge in [0.2, 0.25) is 10.0 Å². The number of nitrogens with two attached hydrogens (primary N) is 2. The van der Waals surface area contributed by atoms with Crippen LogP contribution in [-0.2, 0) is 10.0 Å². The molecule has 0 spiro atoms. The number of primary sulfonamides is 1. The predicted octanol–water partition coefficient (Wildman–Crippen LogP) is 0.435. The van der Waals surface area contributed by atoms with Crippen LogP contribution in [0.4, 0.5) is 5.82 Å². The Morgan fingerprint density at radius 3 is 2.68 bits per heavy atom. The Hall–Kier alpha value is -1.18. The monoisotopic (exact) mass is 284 g/mol. The Morgan fingerprint density at radius 1 is 1.42 bits per heavy atom. The van der Waals surface area contributed by atoms with Crippen molar-refractivity contribution in [3.05, 3.63) is 18.3 Å². The fraction of sp³-hybridized carbons (Fsp3) is 0.583. The first-order valence-corrected chi connectivity index (χ1v) is 7.95. The van der Waals surface area contributed by atoms with Gasteiger partial charge in [-0.2, -0.15) is 0 Å². The molecule has 106 valence electrons. The molecule has 1 saturated heterocycles. The van der Waals surface area contributed by atoms with E-state index in [0.29, 0.717) is 12.6 Å². The zero-order valence-corrected chi connectivity index (χ0v) is 11.8. The molecule has 1 aromatic heterocycles. The van der Waals surface area contributed by atoms with Crippen molar-refractivity contribution in [1.29, 1.82) is 0 Å².